The van der Waals surface area contributed by atoms with E-state index in [9.17, 15) is 4.79 Å². The molecule has 1 N–H and O–H groups in total. The van der Waals surface area contributed by atoms with Crippen molar-refractivity contribution >= 4 is 5.97 Å². The Hall–Kier alpha value is -1.40. The largest absolute Gasteiger partial charge is 0.480 e. The molecule has 0 amide bonds. The Kier molecular flexibility index (Phi) is 4.33. The molecular weight excluding hydrogens is 234 g/mol. The van der Waals surface area contributed by atoms with Gasteiger partial charge in [0.25, 0.3) is 0 Å². The van der Waals surface area contributed by atoms with Crippen molar-refractivity contribution in [1.82, 2.24) is 14.7 Å². The lowest BCUT2D eigenvalue weighted by molar-refractivity contribution is -0.145. The lowest BCUT2D eigenvalue weighted by Crippen LogP contribution is -2.37. The molecule has 1 aliphatic rings. The lowest BCUT2D eigenvalue weighted by Gasteiger charge is -2.31. The van der Waals surface area contributed by atoms with Crippen LogP contribution in [-0.4, -0.2) is 51.6 Å². The fourth-order valence-corrected chi connectivity index (χ4v) is 2.23. The first-order chi connectivity index (χ1) is 8.63. The number of aryl methyl sites for hydroxylation is 1. The Labute approximate surface area is 106 Å². The van der Waals surface area contributed by atoms with Gasteiger partial charge in [-0.25, -0.2) is 4.79 Å². The van der Waals surface area contributed by atoms with Crippen LogP contribution in [0.2, 0.25) is 0 Å². The normalized spacial score (nSPS) is 18.1. The molecule has 0 aliphatic carbocycles. The molecule has 0 unspecified atom stereocenters. The highest BCUT2D eigenvalue weighted by Gasteiger charge is 2.20. The molecule has 0 radical (unpaired) electrons. The zero-order valence-corrected chi connectivity index (χ0v) is 10.6. The lowest BCUT2D eigenvalue weighted by atomic mass is 10.1. The van der Waals surface area contributed by atoms with E-state index in [-0.39, 0.29) is 12.7 Å². The highest BCUT2D eigenvalue weighted by Crippen LogP contribution is 2.15. The number of aromatic nitrogens is 2. The molecule has 1 aromatic rings. The average molecular weight is 253 g/mol. The van der Waals surface area contributed by atoms with Crippen LogP contribution in [0.25, 0.3) is 0 Å². The summed E-state index contributed by atoms with van der Waals surface area (Å²) < 4.78 is 7.11. The van der Waals surface area contributed by atoms with Gasteiger partial charge in [-0.1, -0.05) is 0 Å². The van der Waals surface area contributed by atoms with Crippen molar-refractivity contribution < 1.29 is 14.6 Å². The number of hydrogen-bond acceptors (Lipinski definition) is 4. The molecule has 1 aromatic heterocycles. The quantitative estimate of drug-likeness (QED) is 0.827. The number of likely N-dealkylation sites (tertiary alicyclic amines) is 1. The number of ether oxygens (including phenoxy) is 1. The second-order valence-electron chi connectivity index (χ2n) is 4.70. The van der Waals surface area contributed by atoms with Crippen LogP contribution in [0.4, 0.5) is 0 Å². The van der Waals surface area contributed by atoms with Crippen LogP contribution >= 0.6 is 0 Å². The molecule has 0 bridgehead atoms. The third kappa shape index (κ3) is 3.82. The Morgan fingerprint density at radius 2 is 2.28 bits per heavy atom. The molecule has 6 nitrogen and oxygen atoms in total. The molecule has 100 valence electrons. The summed E-state index contributed by atoms with van der Waals surface area (Å²) in [6.07, 6.45) is 5.78. The fraction of sp³-hybridized carbons (Fsp3) is 0.667. The molecule has 0 spiro atoms. The molecule has 1 fully saturated rings. The predicted octanol–water partition coefficient (Wildman–Crippen LogP) is 0.486. The Balaban J connectivity index is 1.71. The minimum absolute atomic E-state index is 0.0891. The summed E-state index contributed by atoms with van der Waals surface area (Å²) in [6.45, 7) is 2.60. The minimum atomic E-state index is -0.896. The molecule has 1 aliphatic heterocycles. The van der Waals surface area contributed by atoms with Gasteiger partial charge < -0.3 is 9.84 Å². The van der Waals surface area contributed by atoms with E-state index in [1.54, 1.807) is 4.68 Å². The summed E-state index contributed by atoms with van der Waals surface area (Å²) >= 11 is 0. The number of carboxylic acid groups (broad SMARTS) is 1. The molecule has 0 aromatic carbocycles. The van der Waals surface area contributed by atoms with Gasteiger partial charge in [-0.2, -0.15) is 5.10 Å². The zero-order chi connectivity index (χ0) is 13.0. The highest BCUT2D eigenvalue weighted by molar-refractivity contribution is 5.68. The van der Waals surface area contributed by atoms with Gasteiger partial charge in [-0.05, 0) is 12.8 Å². The van der Waals surface area contributed by atoms with E-state index < -0.39 is 5.97 Å². The molecule has 0 saturated carbocycles. The number of rotatable bonds is 5. The van der Waals surface area contributed by atoms with Crippen molar-refractivity contribution in [3.8, 4) is 0 Å². The molecule has 2 rings (SSSR count). The van der Waals surface area contributed by atoms with Crippen LogP contribution in [0.5, 0.6) is 0 Å². The smallest absolute Gasteiger partial charge is 0.329 e. The summed E-state index contributed by atoms with van der Waals surface area (Å²) in [5, 5.41) is 12.7. The maximum Gasteiger partial charge on any atom is 0.329 e. The van der Waals surface area contributed by atoms with Gasteiger partial charge in [-0.3, -0.25) is 9.58 Å². The number of hydrogen-bond donors (Lipinski definition) is 1. The van der Waals surface area contributed by atoms with Gasteiger partial charge in [0.15, 0.2) is 0 Å². The molecule has 0 atom stereocenters. The summed E-state index contributed by atoms with van der Waals surface area (Å²) in [5.41, 5.74) is 1.21. The second-order valence-corrected chi connectivity index (χ2v) is 4.70. The number of carbonyl (C=O) groups is 1. The van der Waals surface area contributed by atoms with Crippen LogP contribution in [0.1, 0.15) is 18.4 Å². The van der Waals surface area contributed by atoms with Crippen LogP contribution in [0.3, 0.4) is 0 Å². The van der Waals surface area contributed by atoms with Crippen molar-refractivity contribution in [3.63, 3.8) is 0 Å². The zero-order valence-electron chi connectivity index (χ0n) is 10.6. The monoisotopic (exact) mass is 253 g/mol. The van der Waals surface area contributed by atoms with Crippen LogP contribution in [0, 0.1) is 0 Å². The fourth-order valence-electron chi connectivity index (χ4n) is 2.23. The van der Waals surface area contributed by atoms with E-state index in [1.807, 2.05) is 19.4 Å². The average Bonchev–Trinajstić information content (AvgIpc) is 2.74. The van der Waals surface area contributed by atoms with E-state index in [1.165, 1.54) is 5.56 Å². The van der Waals surface area contributed by atoms with Gasteiger partial charge in [0.05, 0.1) is 12.3 Å². The summed E-state index contributed by atoms with van der Waals surface area (Å²) in [6, 6.07) is 0. The first-order valence-electron chi connectivity index (χ1n) is 6.17. The second kappa shape index (κ2) is 5.97. The van der Waals surface area contributed by atoms with E-state index >= 15 is 0 Å². The summed E-state index contributed by atoms with van der Waals surface area (Å²) in [5.74, 6) is -0.896. The van der Waals surface area contributed by atoms with E-state index in [4.69, 9.17) is 9.84 Å². The molecule has 2 heterocycles. The van der Waals surface area contributed by atoms with Crippen molar-refractivity contribution in [3.05, 3.63) is 18.0 Å². The number of aliphatic carboxylic acids is 1. The Bertz CT molecular complexity index is 397. The maximum atomic E-state index is 10.4. The van der Waals surface area contributed by atoms with Crippen molar-refractivity contribution in [2.45, 2.75) is 25.5 Å². The Morgan fingerprint density at radius 3 is 2.83 bits per heavy atom. The third-order valence-electron chi connectivity index (χ3n) is 3.14. The van der Waals surface area contributed by atoms with Crippen molar-refractivity contribution in [2.24, 2.45) is 7.05 Å². The third-order valence-corrected chi connectivity index (χ3v) is 3.14. The summed E-state index contributed by atoms with van der Waals surface area (Å²) in [4.78, 5) is 12.7. The molecule has 6 heteroatoms. The van der Waals surface area contributed by atoms with Crippen LogP contribution in [-0.2, 0) is 23.1 Å². The van der Waals surface area contributed by atoms with Gasteiger partial charge >= 0.3 is 5.97 Å². The topological polar surface area (TPSA) is 67.6 Å². The van der Waals surface area contributed by atoms with Crippen LogP contribution in [0.15, 0.2) is 12.4 Å². The van der Waals surface area contributed by atoms with E-state index in [2.05, 4.69) is 10.00 Å². The van der Waals surface area contributed by atoms with Crippen molar-refractivity contribution in [1.29, 1.82) is 0 Å². The van der Waals surface area contributed by atoms with Gasteiger partial charge in [0.2, 0.25) is 0 Å². The first kappa shape index (κ1) is 13.0. The number of carboxylic acids is 1. The molecule has 18 heavy (non-hydrogen) atoms. The molecular formula is C12H19N3O3. The first-order valence-corrected chi connectivity index (χ1v) is 6.17. The molecule has 1 saturated heterocycles. The van der Waals surface area contributed by atoms with E-state index in [0.29, 0.717) is 0 Å². The van der Waals surface area contributed by atoms with Gasteiger partial charge in [0.1, 0.15) is 6.61 Å². The maximum absolute atomic E-state index is 10.4. The van der Waals surface area contributed by atoms with Crippen molar-refractivity contribution in [2.75, 3.05) is 19.7 Å². The van der Waals surface area contributed by atoms with Gasteiger partial charge in [0, 0.05) is 38.4 Å². The SMILES string of the molecule is Cn1cc(CN2CCC(OCC(=O)O)CC2)cn1. The number of nitrogens with zero attached hydrogens (tertiary/aromatic N) is 3. The van der Waals surface area contributed by atoms with Crippen LogP contribution < -0.4 is 0 Å². The van der Waals surface area contributed by atoms with E-state index in [0.717, 1.165) is 32.5 Å². The highest BCUT2D eigenvalue weighted by atomic mass is 16.5. The summed E-state index contributed by atoms with van der Waals surface area (Å²) in [7, 11) is 1.91. The number of piperidine rings is 1. The predicted molar refractivity (Wildman–Crippen MR) is 65.1 cm³/mol. The standard InChI is InChI=1S/C12H19N3O3/c1-14-7-10(6-13-14)8-15-4-2-11(3-5-15)18-9-12(16)17/h6-7,11H,2-5,8-9H2,1H3,(H,16,17). The van der Waals surface area contributed by atoms with Gasteiger partial charge in [-0.15, -0.1) is 0 Å². The minimum Gasteiger partial charge on any atom is -0.480 e. The Morgan fingerprint density at radius 1 is 1.56 bits per heavy atom.